The van der Waals surface area contributed by atoms with Crippen LogP contribution in [0.25, 0.3) is 11.4 Å². The highest BCUT2D eigenvalue weighted by molar-refractivity contribution is 6.31. The smallest absolute Gasteiger partial charge is 0.204 e. The zero-order chi connectivity index (χ0) is 14.7. The number of benzene rings is 2. The van der Waals surface area contributed by atoms with Crippen molar-refractivity contribution in [3.8, 4) is 17.1 Å². The highest BCUT2D eigenvalue weighted by Gasteiger charge is 2.06. The standard InChI is InChI=1S/C14H10ClFN4O/c15-13-7-11(16)5-4-10(13)8-21-12-3-1-2-9(6-12)14-17-19-20-18-14/h1-7H,8H2,(H,17,18,19,20). The van der Waals surface area contributed by atoms with Crippen LogP contribution in [-0.2, 0) is 6.61 Å². The Kier molecular flexibility index (Phi) is 3.79. The molecule has 2 aromatic carbocycles. The van der Waals surface area contributed by atoms with Gasteiger partial charge in [-0.1, -0.05) is 29.8 Å². The third-order valence-corrected chi connectivity index (χ3v) is 3.20. The molecule has 3 rings (SSSR count). The molecule has 0 bridgehead atoms. The summed E-state index contributed by atoms with van der Waals surface area (Å²) in [4.78, 5) is 0. The van der Waals surface area contributed by atoms with Crippen molar-refractivity contribution in [2.75, 3.05) is 0 Å². The Labute approximate surface area is 124 Å². The van der Waals surface area contributed by atoms with Gasteiger partial charge in [0, 0.05) is 11.1 Å². The van der Waals surface area contributed by atoms with Crippen molar-refractivity contribution in [3.63, 3.8) is 0 Å². The van der Waals surface area contributed by atoms with Crippen LogP contribution in [0.3, 0.4) is 0 Å². The van der Waals surface area contributed by atoms with Crippen molar-refractivity contribution in [1.82, 2.24) is 20.6 Å². The first-order valence-electron chi connectivity index (χ1n) is 6.13. The van der Waals surface area contributed by atoms with E-state index in [1.807, 2.05) is 12.1 Å². The van der Waals surface area contributed by atoms with Gasteiger partial charge in [-0.2, -0.15) is 5.21 Å². The molecule has 3 aromatic rings. The van der Waals surface area contributed by atoms with E-state index in [1.165, 1.54) is 12.1 Å². The van der Waals surface area contributed by atoms with Crippen LogP contribution in [0.15, 0.2) is 42.5 Å². The monoisotopic (exact) mass is 304 g/mol. The van der Waals surface area contributed by atoms with Crippen LogP contribution >= 0.6 is 11.6 Å². The number of H-pyrrole nitrogens is 1. The van der Waals surface area contributed by atoms with E-state index in [2.05, 4.69) is 20.6 Å². The number of hydrogen-bond acceptors (Lipinski definition) is 4. The molecule has 0 saturated carbocycles. The number of rotatable bonds is 4. The lowest BCUT2D eigenvalue weighted by molar-refractivity contribution is 0.306. The van der Waals surface area contributed by atoms with Crippen molar-refractivity contribution in [1.29, 1.82) is 0 Å². The molecule has 0 aliphatic heterocycles. The normalized spacial score (nSPS) is 10.6. The minimum absolute atomic E-state index is 0.245. The molecule has 0 saturated heterocycles. The maximum Gasteiger partial charge on any atom is 0.204 e. The van der Waals surface area contributed by atoms with E-state index in [-0.39, 0.29) is 12.4 Å². The average Bonchev–Trinajstić information content (AvgIpc) is 3.01. The summed E-state index contributed by atoms with van der Waals surface area (Å²) >= 11 is 5.96. The van der Waals surface area contributed by atoms with Crippen LogP contribution in [0.5, 0.6) is 5.75 Å². The summed E-state index contributed by atoms with van der Waals surface area (Å²) in [6, 6.07) is 11.5. The van der Waals surface area contributed by atoms with Gasteiger partial charge in [0.2, 0.25) is 5.82 Å². The summed E-state index contributed by atoms with van der Waals surface area (Å²) in [7, 11) is 0. The third-order valence-electron chi connectivity index (χ3n) is 2.85. The van der Waals surface area contributed by atoms with E-state index in [4.69, 9.17) is 16.3 Å². The Bertz CT molecular complexity index is 748. The summed E-state index contributed by atoms with van der Waals surface area (Å²) in [5, 5.41) is 14.1. The predicted molar refractivity (Wildman–Crippen MR) is 75.4 cm³/mol. The predicted octanol–water partition coefficient (Wildman–Crippen LogP) is 3.24. The Balaban J connectivity index is 1.75. The molecule has 1 heterocycles. The lowest BCUT2D eigenvalue weighted by Crippen LogP contribution is -1.97. The molecule has 0 radical (unpaired) electrons. The lowest BCUT2D eigenvalue weighted by Gasteiger charge is -2.08. The number of ether oxygens (including phenoxy) is 1. The highest BCUT2D eigenvalue weighted by Crippen LogP contribution is 2.23. The molecule has 0 unspecified atom stereocenters. The molecular weight excluding hydrogens is 295 g/mol. The van der Waals surface area contributed by atoms with Gasteiger partial charge in [-0.15, -0.1) is 10.2 Å². The van der Waals surface area contributed by atoms with Gasteiger partial charge in [0.1, 0.15) is 18.2 Å². The fraction of sp³-hybridized carbons (Fsp3) is 0.0714. The lowest BCUT2D eigenvalue weighted by atomic mass is 10.2. The number of aromatic amines is 1. The minimum atomic E-state index is -0.372. The summed E-state index contributed by atoms with van der Waals surface area (Å²) in [6.45, 7) is 0.245. The molecule has 1 aromatic heterocycles. The molecule has 0 aliphatic rings. The topological polar surface area (TPSA) is 63.7 Å². The molecule has 7 heteroatoms. The van der Waals surface area contributed by atoms with Gasteiger partial charge >= 0.3 is 0 Å². The largest absolute Gasteiger partial charge is 0.489 e. The Morgan fingerprint density at radius 3 is 2.86 bits per heavy atom. The molecule has 106 valence electrons. The van der Waals surface area contributed by atoms with Gasteiger partial charge in [-0.25, -0.2) is 4.39 Å². The Morgan fingerprint density at radius 2 is 2.10 bits per heavy atom. The Morgan fingerprint density at radius 1 is 1.19 bits per heavy atom. The zero-order valence-electron chi connectivity index (χ0n) is 10.8. The van der Waals surface area contributed by atoms with Gasteiger partial charge in [0.15, 0.2) is 0 Å². The van der Waals surface area contributed by atoms with Crippen LogP contribution in [0.2, 0.25) is 5.02 Å². The first-order valence-corrected chi connectivity index (χ1v) is 6.51. The van der Waals surface area contributed by atoms with Crippen LogP contribution in [-0.4, -0.2) is 20.6 Å². The first-order chi connectivity index (χ1) is 10.2. The summed E-state index contributed by atoms with van der Waals surface area (Å²) in [5.74, 6) is 0.751. The quantitative estimate of drug-likeness (QED) is 0.803. The SMILES string of the molecule is Fc1ccc(COc2cccc(-c3nn[nH]n3)c2)c(Cl)c1. The van der Waals surface area contributed by atoms with Crippen molar-refractivity contribution in [2.24, 2.45) is 0 Å². The van der Waals surface area contributed by atoms with E-state index in [9.17, 15) is 4.39 Å². The molecule has 0 atom stereocenters. The molecule has 1 N–H and O–H groups in total. The van der Waals surface area contributed by atoms with Crippen LogP contribution in [0.4, 0.5) is 4.39 Å². The summed E-state index contributed by atoms with van der Waals surface area (Å²) < 4.78 is 18.6. The van der Waals surface area contributed by atoms with Crippen LogP contribution in [0.1, 0.15) is 5.56 Å². The van der Waals surface area contributed by atoms with Crippen molar-refractivity contribution in [2.45, 2.75) is 6.61 Å². The van der Waals surface area contributed by atoms with E-state index in [1.54, 1.807) is 18.2 Å². The van der Waals surface area contributed by atoms with Crippen LogP contribution < -0.4 is 4.74 Å². The van der Waals surface area contributed by atoms with E-state index in [0.717, 1.165) is 5.56 Å². The summed E-state index contributed by atoms with van der Waals surface area (Å²) in [6.07, 6.45) is 0. The number of tetrazole rings is 1. The van der Waals surface area contributed by atoms with E-state index >= 15 is 0 Å². The number of halogens is 2. The van der Waals surface area contributed by atoms with Crippen molar-refractivity contribution in [3.05, 3.63) is 58.9 Å². The number of hydrogen-bond donors (Lipinski definition) is 1. The molecule has 0 amide bonds. The zero-order valence-corrected chi connectivity index (χ0v) is 11.5. The van der Waals surface area contributed by atoms with Gasteiger partial charge in [0.05, 0.1) is 5.02 Å². The maximum atomic E-state index is 13.0. The van der Waals surface area contributed by atoms with Crippen molar-refractivity contribution >= 4 is 11.6 Å². The van der Waals surface area contributed by atoms with Gasteiger partial charge in [-0.3, -0.25) is 0 Å². The van der Waals surface area contributed by atoms with E-state index < -0.39 is 0 Å². The average molecular weight is 305 g/mol. The second-order valence-electron chi connectivity index (χ2n) is 4.29. The molecular formula is C14H10ClFN4O. The highest BCUT2D eigenvalue weighted by atomic mass is 35.5. The fourth-order valence-electron chi connectivity index (χ4n) is 1.81. The maximum absolute atomic E-state index is 13.0. The fourth-order valence-corrected chi connectivity index (χ4v) is 2.03. The summed E-state index contributed by atoms with van der Waals surface area (Å²) in [5.41, 5.74) is 1.49. The first kappa shape index (κ1) is 13.5. The van der Waals surface area contributed by atoms with Crippen LogP contribution in [0, 0.1) is 5.82 Å². The van der Waals surface area contributed by atoms with Gasteiger partial charge < -0.3 is 4.74 Å². The number of aromatic nitrogens is 4. The Hall–Kier alpha value is -2.47. The molecule has 21 heavy (non-hydrogen) atoms. The molecule has 0 aliphatic carbocycles. The van der Waals surface area contributed by atoms with Gasteiger partial charge in [-0.05, 0) is 29.5 Å². The third kappa shape index (κ3) is 3.17. The minimum Gasteiger partial charge on any atom is -0.489 e. The second kappa shape index (κ2) is 5.88. The van der Waals surface area contributed by atoms with Crippen molar-refractivity contribution < 1.29 is 9.13 Å². The van der Waals surface area contributed by atoms with Gasteiger partial charge in [0.25, 0.3) is 0 Å². The number of nitrogens with one attached hydrogen (secondary N) is 1. The second-order valence-corrected chi connectivity index (χ2v) is 4.69. The molecule has 0 spiro atoms. The number of nitrogens with zero attached hydrogens (tertiary/aromatic N) is 3. The molecule has 0 fully saturated rings. The molecule has 5 nitrogen and oxygen atoms in total. The van der Waals surface area contributed by atoms with E-state index in [0.29, 0.717) is 22.2 Å².